The van der Waals surface area contributed by atoms with Crippen molar-refractivity contribution in [1.82, 2.24) is 5.43 Å². The van der Waals surface area contributed by atoms with Crippen LogP contribution in [0.25, 0.3) is 0 Å². The Balaban J connectivity index is 2.45. The first-order chi connectivity index (χ1) is 5.77. The highest BCUT2D eigenvalue weighted by Crippen LogP contribution is 2.25. The van der Waals surface area contributed by atoms with Crippen LogP contribution in [0.1, 0.15) is 5.56 Å². The van der Waals surface area contributed by atoms with Crippen LogP contribution in [0.4, 0.5) is 0 Å². The molecule has 0 spiro atoms. The first kappa shape index (κ1) is 7.71. The Morgan fingerprint density at radius 3 is 2.67 bits per heavy atom. The molecule has 1 aromatic rings. The molecular weight excluding hydrogens is 199 g/mol. The molecule has 0 bridgehead atoms. The van der Waals surface area contributed by atoms with E-state index in [2.05, 4.69) is 10.5 Å². The van der Waals surface area contributed by atoms with Gasteiger partial charge in [0.05, 0.1) is 17.5 Å². The minimum absolute atomic E-state index is 0.237. The molecule has 2 heterocycles. The molecule has 5 heteroatoms. The van der Waals surface area contributed by atoms with Crippen LogP contribution < -0.4 is 5.43 Å². The van der Waals surface area contributed by atoms with Gasteiger partial charge in [0.15, 0.2) is 5.22 Å². The molecule has 2 rings (SSSR count). The summed E-state index contributed by atoms with van der Waals surface area (Å²) in [5.41, 5.74) is 4.98. The van der Waals surface area contributed by atoms with E-state index >= 15 is 0 Å². The Morgan fingerprint density at radius 1 is 1.33 bits per heavy atom. The lowest BCUT2D eigenvalue weighted by Crippen LogP contribution is -1.91. The molecule has 0 fully saturated rings. The van der Waals surface area contributed by atoms with Gasteiger partial charge in [-0.1, -0.05) is 0 Å². The summed E-state index contributed by atoms with van der Waals surface area (Å²) in [5, 5.41) is 4.29. The molecule has 1 aliphatic heterocycles. The van der Waals surface area contributed by atoms with Crippen LogP contribution in [0, 0.1) is 0 Å². The van der Waals surface area contributed by atoms with Gasteiger partial charge in [-0.15, -0.1) is 0 Å². The maximum absolute atomic E-state index is 5.72. The average molecular weight is 202 g/mol. The Hall–Kier alpha value is -0.930. The third-order valence-corrected chi connectivity index (χ3v) is 1.86. The van der Waals surface area contributed by atoms with Crippen molar-refractivity contribution in [2.75, 3.05) is 0 Å². The molecular formula is C7H3Cl2N2O. The molecule has 0 aliphatic carbocycles. The summed E-state index contributed by atoms with van der Waals surface area (Å²) in [6, 6.07) is 1.61. The number of furan rings is 1. The van der Waals surface area contributed by atoms with Crippen molar-refractivity contribution in [1.29, 1.82) is 0 Å². The van der Waals surface area contributed by atoms with Crippen LogP contribution in [0.3, 0.4) is 0 Å². The second-order valence-corrected chi connectivity index (χ2v) is 2.87. The molecule has 12 heavy (non-hydrogen) atoms. The molecule has 0 atom stereocenters. The molecule has 0 saturated heterocycles. The fourth-order valence-corrected chi connectivity index (χ4v) is 1.35. The van der Waals surface area contributed by atoms with Gasteiger partial charge >= 0.3 is 0 Å². The second-order valence-electron chi connectivity index (χ2n) is 2.15. The van der Waals surface area contributed by atoms with Gasteiger partial charge in [0.2, 0.25) is 5.22 Å². The van der Waals surface area contributed by atoms with Crippen LogP contribution in [-0.2, 0) is 0 Å². The Morgan fingerprint density at radius 2 is 2.17 bits per heavy atom. The van der Waals surface area contributed by atoms with Crippen molar-refractivity contribution in [3.05, 3.63) is 34.3 Å². The van der Waals surface area contributed by atoms with Crippen molar-refractivity contribution in [3.63, 3.8) is 0 Å². The highest BCUT2D eigenvalue weighted by Gasteiger charge is 2.13. The predicted molar refractivity (Wildman–Crippen MR) is 46.5 cm³/mol. The summed E-state index contributed by atoms with van der Waals surface area (Å²) < 4.78 is 4.90. The standard InChI is InChI=1S/C7H3Cl2N2O/c8-6-3-4(7(9)12-6)5-1-2-10-11-5/h1-3H. The lowest BCUT2D eigenvalue weighted by Gasteiger charge is -1.88. The number of halogens is 2. The van der Waals surface area contributed by atoms with Crippen LogP contribution in [0.2, 0.25) is 10.4 Å². The topological polar surface area (TPSA) is 39.6 Å². The summed E-state index contributed by atoms with van der Waals surface area (Å²) in [4.78, 5) is 0. The van der Waals surface area contributed by atoms with Crippen LogP contribution in [0.5, 0.6) is 0 Å². The van der Waals surface area contributed by atoms with Gasteiger partial charge < -0.3 is 4.42 Å². The first-order valence-electron chi connectivity index (χ1n) is 3.17. The van der Waals surface area contributed by atoms with E-state index in [0.29, 0.717) is 11.3 Å². The predicted octanol–water partition coefficient (Wildman–Crippen LogP) is 2.42. The van der Waals surface area contributed by atoms with E-state index in [1.807, 2.05) is 0 Å². The van der Waals surface area contributed by atoms with Gasteiger partial charge in [0.25, 0.3) is 0 Å². The van der Waals surface area contributed by atoms with E-state index < -0.39 is 0 Å². The number of rotatable bonds is 1. The number of allylic oxidation sites excluding steroid dienone is 1. The molecule has 1 radical (unpaired) electrons. The molecule has 1 aliphatic rings. The first-order valence-corrected chi connectivity index (χ1v) is 3.92. The molecule has 3 nitrogen and oxygen atoms in total. The quantitative estimate of drug-likeness (QED) is 0.689. The van der Waals surface area contributed by atoms with Crippen molar-refractivity contribution < 1.29 is 4.42 Å². The van der Waals surface area contributed by atoms with Crippen molar-refractivity contribution in [2.24, 2.45) is 5.10 Å². The lowest BCUT2D eigenvalue weighted by atomic mass is 10.2. The summed E-state index contributed by atoms with van der Waals surface area (Å²) in [5.74, 6) is 0. The van der Waals surface area contributed by atoms with Gasteiger partial charge in [0.1, 0.15) is 0 Å². The molecule has 0 amide bonds. The SMILES string of the molecule is Clc1cc(C2=N[N]C=C2)c(Cl)o1. The highest BCUT2D eigenvalue weighted by atomic mass is 35.5. The maximum atomic E-state index is 5.72. The van der Waals surface area contributed by atoms with Gasteiger partial charge in [-0.05, 0) is 29.3 Å². The van der Waals surface area contributed by atoms with Crippen LogP contribution >= 0.6 is 23.2 Å². The van der Waals surface area contributed by atoms with Gasteiger partial charge in [-0.2, -0.15) is 10.5 Å². The van der Waals surface area contributed by atoms with E-state index in [9.17, 15) is 0 Å². The smallest absolute Gasteiger partial charge is 0.204 e. The summed E-state index contributed by atoms with van der Waals surface area (Å²) in [6.45, 7) is 0. The molecule has 1 aromatic heterocycles. The fourth-order valence-electron chi connectivity index (χ4n) is 0.891. The largest absolute Gasteiger partial charge is 0.433 e. The summed E-state index contributed by atoms with van der Waals surface area (Å²) in [6.07, 6.45) is 3.31. The Labute approximate surface area is 78.6 Å². The normalized spacial score (nSPS) is 14.7. The average Bonchev–Trinajstić information content (AvgIpc) is 2.58. The van der Waals surface area contributed by atoms with Crippen molar-refractivity contribution in [2.45, 2.75) is 0 Å². The zero-order valence-corrected chi connectivity index (χ0v) is 7.30. The van der Waals surface area contributed by atoms with Gasteiger partial charge in [-0.3, -0.25) is 0 Å². The Kier molecular flexibility index (Phi) is 1.83. The number of hydrogen-bond acceptors (Lipinski definition) is 2. The molecule has 0 unspecified atom stereocenters. The Bertz CT molecular complexity index is 367. The lowest BCUT2D eigenvalue weighted by molar-refractivity contribution is 0.571. The van der Waals surface area contributed by atoms with E-state index in [1.54, 1.807) is 18.3 Å². The van der Waals surface area contributed by atoms with E-state index in [1.165, 1.54) is 0 Å². The van der Waals surface area contributed by atoms with Crippen molar-refractivity contribution in [3.8, 4) is 0 Å². The third-order valence-electron chi connectivity index (χ3n) is 1.40. The van der Waals surface area contributed by atoms with Crippen LogP contribution in [0.15, 0.2) is 27.9 Å². The van der Waals surface area contributed by atoms with Gasteiger partial charge in [0, 0.05) is 6.07 Å². The van der Waals surface area contributed by atoms with Crippen molar-refractivity contribution >= 4 is 28.9 Å². The monoisotopic (exact) mass is 201 g/mol. The van der Waals surface area contributed by atoms with Gasteiger partial charge in [-0.25, -0.2) is 0 Å². The molecule has 61 valence electrons. The molecule has 0 aromatic carbocycles. The number of nitrogens with zero attached hydrogens (tertiary/aromatic N) is 2. The maximum Gasteiger partial charge on any atom is 0.204 e. The van der Waals surface area contributed by atoms with E-state index in [0.717, 1.165) is 0 Å². The molecule has 0 N–H and O–H groups in total. The molecule has 0 saturated carbocycles. The third kappa shape index (κ3) is 1.21. The summed E-state index contributed by atoms with van der Waals surface area (Å²) >= 11 is 11.3. The minimum Gasteiger partial charge on any atom is -0.433 e. The highest BCUT2D eigenvalue weighted by molar-refractivity contribution is 6.35. The van der Waals surface area contributed by atoms with E-state index in [4.69, 9.17) is 27.6 Å². The summed E-state index contributed by atoms with van der Waals surface area (Å²) in [7, 11) is 0. The zero-order chi connectivity index (χ0) is 8.55. The fraction of sp³-hybridized carbons (Fsp3) is 0. The number of hydrogen-bond donors (Lipinski definition) is 0. The van der Waals surface area contributed by atoms with E-state index in [-0.39, 0.29) is 10.4 Å². The minimum atomic E-state index is 0.237. The van der Waals surface area contributed by atoms with Crippen LogP contribution in [-0.4, -0.2) is 5.71 Å². The zero-order valence-electron chi connectivity index (χ0n) is 5.79. The second kappa shape index (κ2) is 2.84.